The Labute approximate surface area is 133 Å². The molecule has 2 N–H and O–H groups in total. The van der Waals surface area contributed by atoms with Crippen molar-refractivity contribution < 1.29 is 13.2 Å². The summed E-state index contributed by atoms with van der Waals surface area (Å²) >= 11 is 11.0. The van der Waals surface area contributed by atoms with Crippen LogP contribution in [-0.4, -0.2) is 19.7 Å². The quantitative estimate of drug-likeness (QED) is 0.865. The molecule has 0 spiro atoms. The largest absolute Gasteiger partial charge is 0.457 e. The van der Waals surface area contributed by atoms with E-state index in [1.54, 1.807) is 30.3 Å². The fourth-order valence-corrected chi connectivity index (χ4v) is 2.88. The third kappa shape index (κ3) is 3.72. The Bertz CT molecular complexity index is 786. The molecule has 0 saturated carbocycles. The zero-order valence-electron chi connectivity index (χ0n) is 11.0. The molecule has 0 bridgehead atoms. The first-order chi connectivity index (χ1) is 9.79. The molecule has 2 aromatic rings. The van der Waals surface area contributed by atoms with Crippen LogP contribution < -0.4 is 10.5 Å². The number of hydrogen-bond donors (Lipinski definition) is 1. The molecule has 0 aliphatic rings. The van der Waals surface area contributed by atoms with Gasteiger partial charge in [-0.2, -0.15) is 0 Å². The van der Waals surface area contributed by atoms with Gasteiger partial charge in [-0.1, -0.05) is 29.9 Å². The van der Waals surface area contributed by atoms with Crippen molar-refractivity contribution in [2.45, 2.75) is 4.90 Å². The van der Waals surface area contributed by atoms with Gasteiger partial charge in [0.05, 0.1) is 15.5 Å². The van der Waals surface area contributed by atoms with Gasteiger partial charge < -0.3 is 10.5 Å². The number of thiocarbonyl (C=S) groups is 1. The van der Waals surface area contributed by atoms with E-state index in [1.807, 2.05) is 0 Å². The van der Waals surface area contributed by atoms with Crippen molar-refractivity contribution in [1.82, 2.24) is 0 Å². The lowest BCUT2D eigenvalue weighted by Gasteiger charge is -2.11. The summed E-state index contributed by atoms with van der Waals surface area (Å²) in [6, 6.07) is 11.1. The van der Waals surface area contributed by atoms with E-state index >= 15 is 0 Å². The molecule has 21 heavy (non-hydrogen) atoms. The van der Waals surface area contributed by atoms with Crippen molar-refractivity contribution in [2.75, 3.05) is 6.26 Å². The van der Waals surface area contributed by atoms with Gasteiger partial charge in [0, 0.05) is 6.26 Å². The molecule has 0 aliphatic carbocycles. The van der Waals surface area contributed by atoms with E-state index in [-0.39, 0.29) is 9.88 Å². The van der Waals surface area contributed by atoms with Gasteiger partial charge >= 0.3 is 0 Å². The SMILES string of the molecule is CS(=O)(=O)c1ccc(Oc2cccc(Cl)c2C(N)=S)cc1. The third-order valence-corrected chi connectivity index (χ3v) is 4.35. The molecule has 2 rings (SSSR count). The van der Waals surface area contributed by atoms with Crippen LogP contribution >= 0.6 is 23.8 Å². The van der Waals surface area contributed by atoms with Crippen LogP contribution in [0.2, 0.25) is 5.02 Å². The van der Waals surface area contributed by atoms with E-state index in [9.17, 15) is 8.42 Å². The predicted octanol–water partition coefficient (Wildman–Crippen LogP) is 3.17. The second kappa shape index (κ2) is 6.01. The number of benzene rings is 2. The first kappa shape index (κ1) is 15.8. The molecular formula is C14H12ClNO3S2. The number of halogens is 1. The lowest BCUT2D eigenvalue weighted by molar-refractivity contribution is 0.481. The molecule has 4 nitrogen and oxygen atoms in total. The van der Waals surface area contributed by atoms with Crippen LogP contribution in [0.5, 0.6) is 11.5 Å². The van der Waals surface area contributed by atoms with Crippen LogP contribution in [0.4, 0.5) is 0 Å². The number of ether oxygens (including phenoxy) is 1. The van der Waals surface area contributed by atoms with Gasteiger partial charge in [0.15, 0.2) is 9.84 Å². The highest BCUT2D eigenvalue weighted by atomic mass is 35.5. The van der Waals surface area contributed by atoms with Gasteiger partial charge in [0.25, 0.3) is 0 Å². The number of sulfone groups is 1. The van der Waals surface area contributed by atoms with Crippen molar-refractivity contribution >= 4 is 38.6 Å². The smallest absolute Gasteiger partial charge is 0.175 e. The molecule has 0 aliphatic heterocycles. The fourth-order valence-electron chi connectivity index (χ4n) is 1.71. The fraction of sp³-hybridized carbons (Fsp3) is 0.0714. The summed E-state index contributed by atoms with van der Waals surface area (Å²) in [5.41, 5.74) is 6.08. The Balaban J connectivity index is 2.35. The Morgan fingerprint density at radius 2 is 1.81 bits per heavy atom. The zero-order chi connectivity index (χ0) is 15.6. The first-order valence-corrected chi connectivity index (χ1v) is 8.53. The van der Waals surface area contributed by atoms with Crippen molar-refractivity contribution in [3.05, 3.63) is 53.1 Å². The molecule has 7 heteroatoms. The van der Waals surface area contributed by atoms with Crippen LogP contribution in [0.25, 0.3) is 0 Å². The van der Waals surface area contributed by atoms with Crippen LogP contribution in [0.1, 0.15) is 5.56 Å². The maximum absolute atomic E-state index is 11.4. The van der Waals surface area contributed by atoms with Crippen molar-refractivity contribution in [3.8, 4) is 11.5 Å². The van der Waals surface area contributed by atoms with E-state index in [1.165, 1.54) is 12.1 Å². The summed E-state index contributed by atoms with van der Waals surface area (Å²) in [6.07, 6.45) is 1.14. The van der Waals surface area contributed by atoms with E-state index in [2.05, 4.69) is 0 Å². The summed E-state index contributed by atoms with van der Waals surface area (Å²) in [5, 5.41) is 0.396. The third-order valence-electron chi connectivity index (χ3n) is 2.70. The molecular weight excluding hydrogens is 330 g/mol. The Hall–Kier alpha value is -1.63. The number of hydrogen-bond acceptors (Lipinski definition) is 4. The van der Waals surface area contributed by atoms with Crippen LogP contribution in [0, 0.1) is 0 Å². The van der Waals surface area contributed by atoms with Crippen LogP contribution in [0.3, 0.4) is 0 Å². The number of nitrogens with two attached hydrogens (primary N) is 1. The molecule has 0 radical (unpaired) electrons. The molecule has 0 amide bonds. The maximum atomic E-state index is 11.4. The topological polar surface area (TPSA) is 69.4 Å². The number of rotatable bonds is 4. The highest BCUT2D eigenvalue weighted by Crippen LogP contribution is 2.30. The lowest BCUT2D eigenvalue weighted by Crippen LogP contribution is -2.11. The molecule has 0 heterocycles. The standard InChI is InChI=1S/C14H12ClNO3S2/c1-21(17,18)10-7-5-9(6-8-10)19-12-4-2-3-11(15)13(12)14(16)20/h2-8H,1H3,(H2,16,20). The minimum atomic E-state index is -3.24. The summed E-state index contributed by atoms with van der Waals surface area (Å²) in [7, 11) is -3.24. The van der Waals surface area contributed by atoms with E-state index in [0.717, 1.165) is 6.26 Å². The predicted molar refractivity (Wildman–Crippen MR) is 87.0 cm³/mol. The molecule has 2 aromatic carbocycles. The van der Waals surface area contributed by atoms with Crippen molar-refractivity contribution in [2.24, 2.45) is 5.73 Å². The van der Waals surface area contributed by atoms with Gasteiger partial charge in [-0.05, 0) is 36.4 Å². The summed E-state index contributed by atoms with van der Waals surface area (Å²) in [4.78, 5) is 0.346. The molecule has 0 fully saturated rings. The second-order valence-electron chi connectivity index (χ2n) is 4.32. The molecule has 0 unspecified atom stereocenters. The summed E-state index contributed by atoms with van der Waals surface area (Å²) in [6.45, 7) is 0. The van der Waals surface area contributed by atoms with Crippen molar-refractivity contribution in [3.63, 3.8) is 0 Å². The highest BCUT2D eigenvalue weighted by Gasteiger charge is 2.12. The van der Waals surface area contributed by atoms with E-state index in [4.69, 9.17) is 34.3 Å². The van der Waals surface area contributed by atoms with Crippen LogP contribution in [0.15, 0.2) is 47.4 Å². The Morgan fingerprint density at radius 3 is 2.33 bits per heavy atom. The minimum Gasteiger partial charge on any atom is -0.457 e. The Morgan fingerprint density at radius 1 is 1.19 bits per heavy atom. The van der Waals surface area contributed by atoms with Crippen LogP contribution in [-0.2, 0) is 9.84 Å². The van der Waals surface area contributed by atoms with Gasteiger partial charge in [-0.25, -0.2) is 8.42 Å². The molecule has 0 saturated heterocycles. The Kier molecular flexibility index (Phi) is 4.51. The summed E-state index contributed by atoms with van der Waals surface area (Å²) in [5.74, 6) is 0.879. The average molecular weight is 342 g/mol. The van der Waals surface area contributed by atoms with Gasteiger partial charge in [0.2, 0.25) is 0 Å². The first-order valence-electron chi connectivity index (χ1n) is 5.85. The van der Waals surface area contributed by atoms with E-state index in [0.29, 0.717) is 22.1 Å². The zero-order valence-corrected chi connectivity index (χ0v) is 13.4. The van der Waals surface area contributed by atoms with E-state index < -0.39 is 9.84 Å². The van der Waals surface area contributed by atoms with Gasteiger partial charge in [-0.3, -0.25) is 0 Å². The monoisotopic (exact) mass is 341 g/mol. The molecule has 0 atom stereocenters. The van der Waals surface area contributed by atoms with Gasteiger partial charge in [0.1, 0.15) is 16.5 Å². The highest BCUT2D eigenvalue weighted by molar-refractivity contribution is 7.90. The average Bonchev–Trinajstić information content (AvgIpc) is 2.38. The maximum Gasteiger partial charge on any atom is 0.175 e. The van der Waals surface area contributed by atoms with Crippen molar-refractivity contribution in [1.29, 1.82) is 0 Å². The minimum absolute atomic E-state index is 0.128. The molecule has 0 aromatic heterocycles. The van der Waals surface area contributed by atoms with Gasteiger partial charge in [-0.15, -0.1) is 0 Å². The normalized spacial score (nSPS) is 11.1. The molecule has 110 valence electrons. The lowest BCUT2D eigenvalue weighted by atomic mass is 10.2. The second-order valence-corrected chi connectivity index (χ2v) is 7.19. The summed E-state index contributed by atoms with van der Waals surface area (Å²) < 4.78 is 28.5.